The second-order valence-electron chi connectivity index (χ2n) is 6.49. The first kappa shape index (κ1) is 16.8. The van der Waals surface area contributed by atoms with E-state index in [0.29, 0.717) is 31.9 Å². The Hall–Kier alpha value is -2.65. The molecule has 1 amide bonds. The van der Waals surface area contributed by atoms with Crippen LogP contribution in [0.25, 0.3) is 0 Å². The zero-order valence-corrected chi connectivity index (χ0v) is 13.9. The molecule has 0 aromatic carbocycles. The van der Waals surface area contributed by atoms with Gasteiger partial charge in [-0.1, -0.05) is 0 Å². The number of amides is 1. The molecule has 4 heterocycles. The first-order chi connectivity index (χ1) is 12.4. The van der Waals surface area contributed by atoms with Gasteiger partial charge in [0.05, 0.1) is 17.9 Å². The zero-order chi connectivity index (χ0) is 18.3. The number of hydrogen-bond donors (Lipinski definition) is 0. The van der Waals surface area contributed by atoms with Crippen molar-refractivity contribution < 1.29 is 18.0 Å². The molecule has 2 aromatic rings. The van der Waals surface area contributed by atoms with Gasteiger partial charge in [-0.25, -0.2) is 0 Å². The van der Waals surface area contributed by atoms with Gasteiger partial charge in [0.25, 0.3) is 0 Å². The van der Waals surface area contributed by atoms with Crippen molar-refractivity contribution in [3.63, 3.8) is 0 Å². The lowest BCUT2D eigenvalue weighted by molar-refractivity contribution is -0.141. The van der Waals surface area contributed by atoms with Crippen molar-refractivity contribution in [2.75, 3.05) is 29.4 Å². The molecule has 7 nitrogen and oxygen atoms in total. The van der Waals surface area contributed by atoms with Crippen LogP contribution >= 0.6 is 0 Å². The number of carbonyl (C=O) groups is 1. The van der Waals surface area contributed by atoms with Crippen molar-refractivity contribution in [3.05, 3.63) is 30.2 Å². The second-order valence-corrected chi connectivity index (χ2v) is 6.49. The van der Waals surface area contributed by atoms with Gasteiger partial charge >= 0.3 is 6.18 Å². The van der Waals surface area contributed by atoms with E-state index in [1.807, 2.05) is 15.8 Å². The van der Waals surface area contributed by atoms with Crippen LogP contribution in [0.2, 0.25) is 0 Å². The molecule has 0 spiro atoms. The highest BCUT2D eigenvalue weighted by molar-refractivity contribution is 5.95. The lowest BCUT2D eigenvalue weighted by Gasteiger charge is -2.17. The van der Waals surface area contributed by atoms with Crippen molar-refractivity contribution >= 4 is 17.4 Å². The SMILES string of the molecule is O=C1CCCN1c1cnn(C2CCN(c3ccc(C(F)(F)F)nn3)C2)c1. The van der Waals surface area contributed by atoms with Crippen LogP contribution in [0.4, 0.5) is 24.7 Å². The fraction of sp³-hybridized carbons (Fsp3) is 0.500. The topological polar surface area (TPSA) is 67.2 Å². The molecule has 2 aliphatic rings. The number of halogens is 3. The van der Waals surface area contributed by atoms with Crippen molar-refractivity contribution in [2.24, 2.45) is 0 Å². The molecule has 2 fully saturated rings. The van der Waals surface area contributed by atoms with E-state index >= 15 is 0 Å². The highest BCUT2D eigenvalue weighted by Crippen LogP contribution is 2.30. The summed E-state index contributed by atoms with van der Waals surface area (Å²) in [6.45, 7) is 1.94. The summed E-state index contributed by atoms with van der Waals surface area (Å²) in [5, 5.41) is 11.3. The normalized spacial score (nSPS) is 21.0. The Kier molecular flexibility index (Phi) is 4.04. The van der Waals surface area contributed by atoms with E-state index in [-0.39, 0.29) is 11.9 Å². The monoisotopic (exact) mass is 366 g/mol. The maximum atomic E-state index is 12.6. The third-order valence-corrected chi connectivity index (χ3v) is 4.78. The number of nitrogens with zero attached hydrogens (tertiary/aromatic N) is 6. The van der Waals surface area contributed by atoms with Crippen LogP contribution in [0.5, 0.6) is 0 Å². The molecule has 2 saturated heterocycles. The number of rotatable bonds is 3. The Morgan fingerprint density at radius 1 is 1.15 bits per heavy atom. The van der Waals surface area contributed by atoms with E-state index in [1.54, 1.807) is 11.1 Å². The molecule has 1 atom stereocenters. The predicted molar refractivity (Wildman–Crippen MR) is 86.7 cm³/mol. The van der Waals surface area contributed by atoms with Crippen LogP contribution in [-0.2, 0) is 11.0 Å². The molecule has 0 saturated carbocycles. The molecule has 26 heavy (non-hydrogen) atoms. The van der Waals surface area contributed by atoms with E-state index < -0.39 is 11.9 Å². The molecular formula is C16H17F3N6O. The predicted octanol–water partition coefficient (Wildman–Crippen LogP) is 2.27. The smallest absolute Gasteiger partial charge is 0.353 e. The molecular weight excluding hydrogens is 349 g/mol. The molecule has 1 unspecified atom stereocenters. The summed E-state index contributed by atoms with van der Waals surface area (Å²) in [7, 11) is 0. The third-order valence-electron chi connectivity index (χ3n) is 4.78. The maximum Gasteiger partial charge on any atom is 0.435 e. The summed E-state index contributed by atoms with van der Waals surface area (Å²) < 4.78 is 39.6. The van der Waals surface area contributed by atoms with Crippen LogP contribution in [0, 0.1) is 0 Å². The lowest BCUT2D eigenvalue weighted by Crippen LogP contribution is -2.24. The van der Waals surface area contributed by atoms with E-state index in [4.69, 9.17) is 0 Å². The molecule has 0 aliphatic carbocycles. The molecule has 0 radical (unpaired) electrons. The minimum Gasteiger partial charge on any atom is -0.353 e. The molecule has 0 N–H and O–H groups in total. The number of alkyl halides is 3. The fourth-order valence-electron chi connectivity index (χ4n) is 3.40. The van der Waals surface area contributed by atoms with Crippen LogP contribution in [0.15, 0.2) is 24.5 Å². The van der Waals surface area contributed by atoms with Crippen molar-refractivity contribution in [3.8, 4) is 0 Å². The summed E-state index contributed by atoms with van der Waals surface area (Å²) in [6.07, 6.45) is 1.26. The largest absolute Gasteiger partial charge is 0.435 e. The van der Waals surface area contributed by atoms with Crippen LogP contribution < -0.4 is 9.80 Å². The molecule has 0 bridgehead atoms. The Morgan fingerprint density at radius 2 is 2.00 bits per heavy atom. The highest BCUT2D eigenvalue weighted by Gasteiger charge is 2.34. The van der Waals surface area contributed by atoms with Gasteiger partial charge in [0, 0.05) is 32.3 Å². The van der Waals surface area contributed by atoms with E-state index in [2.05, 4.69) is 15.3 Å². The van der Waals surface area contributed by atoms with Gasteiger partial charge < -0.3 is 9.80 Å². The summed E-state index contributed by atoms with van der Waals surface area (Å²) in [4.78, 5) is 15.4. The van der Waals surface area contributed by atoms with Crippen LogP contribution in [-0.4, -0.2) is 45.5 Å². The number of hydrogen-bond acceptors (Lipinski definition) is 5. The number of aromatic nitrogens is 4. The Balaban J connectivity index is 1.44. The lowest BCUT2D eigenvalue weighted by atomic mass is 10.3. The first-order valence-electron chi connectivity index (χ1n) is 8.42. The quantitative estimate of drug-likeness (QED) is 0.834. The standard InChI is InChI=1S/C16H17F3N6O/c17-16(18,19)13-3-4-14(22-21-13)23-7-5-11(9-23)25-10-12(8-20-25)24-6-1-2-15(24)26/h3-4,8,10-11H,1-2,5-7,9H2. The molecule has 10 heteroatoms. The summed E-state index contributed by atoms with van der Waals surface area (Å²) in [6, 6.07) is 2.36. The minimum absolute atomic E-state index is 0.0746. The molecule has 2 aliphatic heterocycles. The van der Waals surface area contributed by atoms with Gasteiger partial charge in [0.2, 0.25) is 5.91 Å². The number of anilines is 2. The highest BCUT2D eigenvalue weighted by atomic mass is 19.4. The van der Waals surface area contributed by atoms with Gasteiger partial charge in [0.15, 0.2) is 11.5 Å². The summed E-state index contributed by atoms with van der Waals surface area (Å²) in [5.41, 5.74) is -0.204. The van der Waals surface area contributed by atoms with E-state index in [9.17, 15) is 18.0 Å². The van der Waals surface area contributed by atoms with E-state index in [0.717, 1.165) is 24.6 Å². The summed E-state index contributed by atoms with van der Waals surface area (Å²) in [5.74, 6) is 0.528. The Labute approximate surface area is 147 Å². The fourth-order valence-corrected chi connectivity index (χ4v) is 3.40. The average molecular weight is 366 g/mol. The zero-order valence-electron chi connectivity index (χ0n) is 13.9. The van der Waals surface area contributed by atoms with Gasteiger partial charge in [-0.3, -0.25) is 9.48 Å². The van der Waals surface area contributed by atoms with Crippen molar-refractivity contribution in [1.82, 2.24) is 20.0 Å². The van der Waals surface area contributed by atoms with Crippen LogP contribution in [0.3, 0.4) is 0 Å². The first-order valence-corrected chi connectivity index (χ1v) is 8.42. The van der Waals surface area contributed by atoms with Crippen molar-refractivity contribution in [1.29, 1.82) is 0 Å². The van der Waals surface area contributed by atoms with Crippen molar-refractivity contribution in [2.45, 2.75) is 31.5 Å². The van der Waals surface area contributed by atoms with Crippen LogP contribution in [0.1, 0.15) is 31.0 Å². The Morgan fingerprint density at radius 3 is 2.65 bits per heavy atom. The summed E-state index contributed by atoms with van der Waals surface area (Å²) >= 11 is 0. The van der Waals surface area contributed by atoms with Gasteiger partial charge in [-0.15, -0.1) is 10.2 Å². The number of carbonyl (C=O) groups excluding carboxylic acids is 1. The third kappa shape index (κ3) is 3.11. The molecule has 4 rings (SSSR count). The maximum absolute atomic E-state index is 12.6. The molecule has 2 aromatic heterocycles. The second kappa shape index (κ2) is 6.26. The van der Waals surface area contributed by atoms with Gasteiger partial charge in [0.1, 0.15) is 0 Å². The van der Waals surface area contributed by atoms with Gasteiger partial charge in [-0.2, -0.15) is 18.3 Å². The van der Waals surface area contributed by atoms with Gasteiger partial charge in [-0.05, 0) is 25.0 Å². The Bertz CT molecular complexity index is 803. The minimum atomic E-state index is -4.49. The average Bonchev–Trinajstić information content (AvgIpc) is 3.33. The van der Waals surface area contributed by atoms with E-state index in [1.165, 1.54) is 6.07 Å². The molecule has 138 valence electrons.